The van der Waals surface area contributed by atoms with Crippen molar-refractivity contribution in [2.75, 3.05) is 5.75 Å². The minimum absolute atomic E-state index is 0.278. The van der Waals surface area contributed by atoms with Crippen molar-refractivity contribution in [2.45, 2.75) is 180 Å². The predicted molar refractivity (Wildman–Crippen MR) is 193 cm³/mol. The van der Waals surface area contributed by atoms with Crippen LogP contribution in [0.25, 0.3) is 0 Å². The number of allylic oxidation sites excluding steroid dienone is 7. The molecule has 0 aromatic carbocycles. The Balaban J connectivity index is 4.03. The maximum Gasteiger partial charge on any atom is 0.267 e. The van der Waals surface area contributed by atoms with Gasteiger partial charge in [0.25, 0.3) is 10.1 Å². The number of carbonyl (C=O) groups excluding carboxylic acids is 1. The summed E-state index contributed by atoms with van der Waals surface area (Å²) in [6, 6.07) is -1.08. The first-order valence-corrected chi connectivity index (χ1v) is 19.9. The minimum atomic E-state index is -4.35. The van der Waals surface area contributed by atoms with Crippen LogP contribution in [0.4, 0.5) is 0 Å². The fourth-order valence-corrected chi connectivity index (χ4v) is 5.93. The third-order valence-electron chi connectivity index (χ3n) is 7.98. The van der Waals surface area contributed by atoms with Gasteiger partial charge in [0.2, 0.25) is 5.91 Å². The Morgan fingerprint density at radius 3 is 1.56 bits per heavy atom. The summed E-state index contributed by atoms with van der Waals surface area (Å²) in [6.45, 7) is 4.47. The van der Waals surface area contributed by atoms with Crippen LogP contribution in [0, 0.1) is 0 Å². The summed E-state index contributed by atoms with van der Waals surface area (Å²) in [5.41, 5.74) is 0. The van der Waals surface area contributed by atoms with Crippen molar-refractivity contribution in [1.82, 2.24) is 5.32 Å². The SMILES string of the molecule is CCCCCC/C=C\C/C=C\CCCCCCCCCC(=O)NC(CS(=O)(=O)O)C(O)/C=C/CC/C=C/CCCCCCCC. The zero-order valence-electron chi connectivity index (χ0n) is 29.0. The number of carbonyl (C=O) groups is 1. The van der Waals surface area contributed by atoms with Gasteiger partial charge in [0.15, 0.2) is 0 Å². The summed E-state index contributed by atoms with van der Waals surface area (Å²) in [4.78, 5) is 12.4. The first-order chi connectivity index (χ1) is 21.8. The molecule has 0 saturated carbocycles. The first kappa shape index (κ1) is 43.3. The summed E-state index contributed by atoms with van der Waals surface area (Å²) < 4.78 is 32.3. The normalized spacial score (nSPS) is 14.0. The number of aliphatic hydroxyl groups excluding tert-OH is 1. The molecular formula is C38H69NO5S. The predicted octanol–water partition coefficient (Wildman–Crippen LogP) is 10.3. The largest absolute Gasteiger partial charge is 0.387 e. The van der Waals surface area contributed by atoms with E-state index in [1.54, 1.807) is 6.08 Å². The second-order valence-corrected chi connectivity index (χ2v) is 14.0. The highest BCUT2D eigenvalue weighted by atomic mass is 32.2. The molecule has 0 saturated heterocycles. The lowest BCUT2D eigenvalue weighted by Crippen LogP contribution is -2.46. The molecule has 1 amide bonds. The van der Waals surface area contributed by atoms with E-state index in [2.05, 4.69) is 55.6 Å². The van der Waals surface area contributed by atoms with Gasteiger partial charge in [-0.15, -0.1) is 0 Å². The fraction of sp³-hybridized carbons (Fsp3) is 0.763. The standard InChI is InChI=1S/C38H69NO5S/c1-3-5-7-9-11-13-15-17-18-19-20-21-22-24-26-28-30-32-34-38(41)39-36(35-45(42,43)44)37(40)33-31-29-27-25-23-16-14-12-10-8-6-4-2/h13,15,18-19,23,25,31,33,36-37,40H,3-12,14,16-17,20-22,24,26-30,32,34-35H2,1-2H3,(H,39,41)(H,42,43,44)/b15-13-,19-18-,25-23+,33-31+. The van der Waals surface area contributed by atoms with Gasteiger partial charge >= 0.3 is 0 Å². The van der Waals surface area contributed by atoms with Crippen LogP contribution in [0.15, 0.2) is 48.6 Å². The number of hydrogen-bond donors (Lipinski definition) is 3. The second kappa shape index (κ2) is 32.2. The van der Waals surface area contributed by atoms with E-state index in [4.69, 9.17) is 0 Å². The van der Waals surface area contributed by atoms with E-state index in [9.17, 15) is 22.9 Å². The molecule has 0 aliphatic heterocycles. The number of unbranched alkanes of at least 4 members (excludes halogenated alkanes) is 18. The molecule has 0 aromatic heterocycles. The number of aliphatic hydroxyl groups is 1. The van der Waals surface area contributed by atoms with Crippen molar-refractivity contribution in [2.24, 2.45) is 0 Å². The molecule has 0 radical (unpaired) electrons. The summed E-state index contributed by atoms with van der Waals surface area (Å²) >= 11 is 0. The van der Waals surface area contributed by atoms with Gasteiger partial charge < -0.3 is 10.4 Å². The summed E-state index contributed by atoms with van der Waals surface area (Å²) in [5, 5.41) is 13.1. The van der Waals surface area contributed by atoms with Gasteiger partial charge in [-0.2, -0.15) is 8.42 Å². The molecule has 2 atom stereocenters. The van der Waals surface area contributed by atoms with Crippen LogP contribution >= 0.6 is 0 Å². The van der Waals surface area contributed by atoms with E-state index in [1.807, 2.05) is 0 Å². The maximum atomic E-state index is 12.4. The number of hydrogen-bond acceptors (Lipinski definition) is 4. The van der Waals surface area contributed by atoms with Gasteiger partial charge in [-0.25, -0.2) is 0 Å². The van der Waals surface area contributed by atoms with Crippen molar-refractivity contribution in [3.63, 3.8) is 0 Å². The van der Waals surface area contributed by atoms with Crippen LogP contribution in [0.2, 0.25) is 0 Å². The molecule has 0 fully saturated rings. The Labute approximate surface area is 278 Å². The molecule has 0 rings (SSSR count). The minimum Gasteiger partial charge on any atom is -0.387 e. The summed E-state index contributed by atoms with van der Waals surface area (Å²) in [5.74, 6) is -1.01. The van der Waals surface area contributed by atoms with Crippen molar-refractivity contribution >= 4 is 16.0 Å². The van der Waals surface area contributed by atoms with Gasteiger partial charge in [-0.3, -0.25) is 9.35 Å². The lowest BCUT2D eigenvalue weighted by molar-refractivity contribution is -0.122. The Hall–Kier alpha value is -1.70. The molecule has 6 nitrogen and oxygen atoms in total. The highest BCUT2D eigenvalue weighted by Gasteiger charge is 2.24. The fourth-order valence-electron chi connectivity index (χ4n) is 5.20. The van der Waals surface area contributed by atoms with Gasteiger partial charge in [0.1, 0.15) is 0 Å². The second-order valence-electron chi connectivity index (χ2n) is 12.5. The molecule has 0 spiro atoms. The average molecular weight is 652 g/mol. The Kier molecular flexibility index (Phi) is 31.0. The van der Waals surface area contributed by atoms with E-state index in [0.29, 0.717) is 6.42 Å². The topological polar surface area (TPSA) is 104 Å². The number of amides is 1. The van der Waals surface area contributed by atoms with Crippen LogP contribution in [-0.4, -0.2) is 41.9 Å². The highest BCUT2D eigenvalue weighted by Crippen LogP contribution is 2.12. The lowest BCUT2D eigenvalue weighted by Gasteiger charge is -2.21. The molecule has 3 N–H and O–H groups in total. The molecule has 7 heteroatoms. The van der Waals surface area contributed by atoms with Crippen LogP contribution < -0.4 is 5.32 Å². The van der Waals surface area contributed by atoms with E-state index in [0.717, 1.165) is 51.4 Å². The van der Waals surface area contributed by atoms with E-state index < -0.39 is 28.0 Å². The van der Waals surface area contributed by atoms with E-state index >= 15 is 0 Å². The molecule has 0 aromatic rings. The Morgan fingerprint density at radius 1 is 0.600 bits per heavy atom. The number of rotatable bonds is 32. The quantitative estimate of drug-likeness (QED) is 0.0381. The molecule has 0 aliphatic carbocycles. The molecule has 45 heavy (non-hydrogen) atoms. The average Bonchev–Trinajstić information content (AvgIpc) is 3.00. The van der Waals surface area contributed by atoms with Crippen molar-refractivity contribution in [3.8, 4) is 0 Å². The first-order valence-electron chi connectivity index (χ1n) is 18.3. The van der Waals surface area contributed by atoms with Gasteiger partial charge in [-0.05, 0) is 64.2 Å². The van der Waals surface area contributed by atoms with Crippen LogP contribution in [0.1, 0.15) is 168 Å². The molecule has 262 valence electrons. The zero-order valence-corrected chi connectivity index (χ0v) is 29.8. The van der Waals surface area contributed by atoms with Crippen molar-refractivity contribution in [1.29, 1.82) is 0 Å². The summed E-state index contributed by atoms with van der Waals surface area (Å²) in [7, 11) is -4.35. The van der Waals surface area contributed by atoms with Gasteiger partial charge in [0.05, 0.1) is 17.9 Å². The van der Waals surface area contributed by atoms with Crippen LogP contribution in [-0.2, 0) is 14.9 Å². The monoisotopic (exact) mass is 651 g/mol. The van der Waals surface area contributed by atoms with Crippen LogP contribution in [0.3, 0.4) is 0 Å². The van der Waals surface area contributed by atoms with Gasteiger partial charge in [0, 0.05) is 6.42 Å². The lowest BCUT2D eigenvalue weighted by atomic mass is 10.1. The molecule has 0 bridgehead atoms. The van der Waals surface area contributed by atoms with E-state index in [-0.39, 0.29) is 12.3 Å². The van der Waals surface area contributed by atoms with E-state index in [1.165, 1.54) is 96.0 Å². The van der Waals surface area contributed by atoms with Crippen molar-refractivity contribution < 1.29 is 22.9 Å². The Morgan fingerprint density at radius 2 is 1.02 bits per heavy atom. The Bertz CT molecular complexity index is 894. The zero-order chi connectivity index (χ0) is 33.3. The molecule has 2 unspecified atom stereocenters. The van der Waals surface area contributed by atoms with Crippen molar-refractivity contribution in [3.05, 3.63) is 48.6 Å². The molecule has 0 aliphatic rings. The smallest absolute Gasteiger partial charge is 0.267 e. The maximum absolute atomic E-state index is 12.4. The van der Waals surface area contributed by atoms with Crippen LogP contribution in [0.5, 0.6) is 0 Å². The summed E-state index contributed by atoms with van der Waals surface area (Å²) in [6.07, 6.45) is 42.3. The highest BCUT2D eigenvalue weighted by molar-refractivity contribution is 7.85. The molecule has 0 heterocycles. The van der Waals surface area contributed by atoms with Gasteiger partial charge in [-0.1, -0.05) is 146 Å². The third kappa shape index (κ3) is 33.5. The number of nitrogens with one attached hydrogen (secondary N) is 1. The third-order valence-corrected chi connectivity index (χ3v) is 8.76. The molecular weight excluding hydrogens is 582 g/mol.